The molecule has 0 spiro atoms. The lowest BCUT2D eigenvalue weighted by molar-refractivity contribution is 0.556. The summed E-state index contributed by atoms with van der Waals surface area (Å²) in [6.07, 6.45) is 0.387. The molecule has 0 heterocycles. The minimum atomic E-state index is -3.91. The van der Waals surface area contributed by atoms with Crippen LogP contribution in [0.5, 0.6) is 0 Å². The fraction of sp³-hybridized carbons (Fsp3) is 0.143. The van der Waals surface area contributed by atoms with E-state index in [2.05, 4.69) is 20.7 Å². The van der Waals surface area contributed by atoms with E-state index in [0.29, 0.717) is 10.9 Å². The first-order valence-corrected chi connectivity index (χ1v) is 8.35. The molecule has 2 aromatic rings. The van der Waals surface area contributed by atoms with E-state index >= 15 is 0 Å². The highest BCUT2D eigenvalue weighted by atomic mass is 79.9. The van der Waals surface area contributed by atoms with Crippen LogP contribution in [-0.4, -0.2) is 15.0 Å². The number of rotatable bonds is 5. The molecule has 0 radical (unpaired) electrons. The van der Waals surface area contributed by atoms with E-state index in [9.17, 15) is 17.2 Å². The monoisotopic (exact) mass is 375 g/mol. The Bertz CT molecular complexity index is 733. The lowest BCUT2D eigenvalue weighted by Gasteiger charge is -2.08. The molecule has 0 saturated heterocycles. The third-order valence-electron chi connectivity index (χ3n) is 2.80. The van der Waals surface area contributed by atoms with Gasteiger partial charge in [0.15, 0.2) is 0 Å². The van der Waals surface area contributed by atoms with E-state index in [0.717, 1.165) is 11.6 Å². The molecule has 7 heteroatoms. The van der Waals surface area contributed by atoms with Crippen molar-refractivity contribution in [3.05, 3.63) is 64.1 Å². The van der Waals surface area contributed by atoms with Crippen molar-refractivity contribution in [1.82, 2.24) is 4.72 Å². The van der Waals surface area contributed by atoms with Crippen molar-refractivity contribution in [1.29, 1.82) is 0 Å². The Morgan fingerprint density at radius 1 is 1.05 bits per heavy atom. The molecule has 3 nitrogen and oxygen atoms in total. The lowest BCUT2D eigenvalue weighted by atomic mass is 10.1. The quantitative estimate of drug-likeness (QED) is 0.871. The summed E-state index contributed by atoms with van der Waals surface area (Å²) in [5.41, 5.74) is 0.787. The molecule has 2 aromatic carbocycles. The Balaban J connectivity index is 2.03. The van der Waals surface area contributed by atoms with Gasteiger partial charge in [-0.15, -0.1) is 0 Å². The van der Waals surface area contributed by atoms with Crippen LogP contribution in [0.3, 0.4) is 0 Å². The maximum atomic E-state index is 13.6. The maximum Gasteiger partial charge on any atom is 0.243 e. The summed E-state index contributed by atoms with van der Waals surface area (Å²) in [4.78, 5) is -0.398. The number of nitrogens with one attached hydrogen (secondary N) is 1. The molecule has 2 rings (SSSR count). The maximum absolute atomic E-state index is 13.6. The van der Waals surface area contributed by atoms with E-state index < -0.39 is 20.7 Å². The predicted octanol–water partition coefficient (Wildman–Crippen LogP) is 3.25. The third-order valence-corrected chi connectivity index (χ3v) is 4.79. The fourth-order valence-electron chi connectivity index (χ4n) is 1.75. The van der Waals surface area contributed by atoms with Crippen LogP contribution < -0.4 is 4.72 Å². The predicted molar refractivity (Wildman–Crippen MR) is 79.4 cm³/mol. The van der Waals surface area contributed by atoms with Crippen LogP contribution in [0.15, 0.2) is 51.8 Å². The van der Waals surface area contributed by atoms with E-state index in [1.165, 1.54) is 24.3 Å². The zero-order valence-electron chi connectivity index (χ0n) is 10.8. The van der Waals surface area contributed by atoms with Crippen LogP contribution in [-0.2, 0) is 16.4 Å². The van der Waals surface area contributed by atoms with Gasteiger partial charge < -0.3 is 0 Å². The third kappa shape index (κ3) is 4.33. The summed E-state index contributed by atoms with van der Waals surface area (Å²) in [5, 5.41) is 0. The number of sulfonamides is 1. The smallest absolute Gasteiger partial charge is 0.211 e. The van der Waals surface area contributed by atoms with E-state index in [-0.39, 0.29) is 12.4 Å². The van der Waals surface area contributed by atoms with Crippen molar-refractivity contribution in [2.75, 3.05) is 6.54 Å². The summed E-state index contributed by atoms with van der Waals surface area (Å²) in [7, 11) is -3.91. The van der Waals surface area contributed by atoms with Crippen molar-refractivity contribution in [2.45, 2.75) is 11.3 Å². The lowest BCUT2D eigenvalue weighted by Crippen LogP contribution is -2.26. The second kappa shape index (κ2) is 6.64. The van der Waals surface area contributed by atoms with Crippen LogP contribution in [0.4, 0.5) is 8.78 Å². The molecule has 0 fully saturated rings. The van der Waals surface area contributed by atoms with Crippen LogP contribution in [0.2, 0.25) is 0 Å². The molecule has 0 atom stereocenters. The Morgan fingerprint density at radius 2 is 1.71 bits per heavy atom. The van der Waals surface area contributed by atoms with Crippen molar-refractivity contribution in [2.24, 2.45) is 0 Å². The molecule has 21 heavy (non-hydrogen) atoms. The highest BCUT2D eigenvalue weighted by molar-refractivity contribution is 9.10. The SMILES string of the molecule is O=S(=O)(NCCc1ccc(F)cc1)c1ccc(Br)cc1F. The van der Waals surface area contributed by atoms with Crippen LogP contribution in [0, 0.1) is 11.6 Å². The van der Waals surface area contributed by atoms with Crippen molar-refractivity contribution < 1.29 is 17.2 Å². The molecule has 0 aliphatic carbocycles. The van der Waals surface area contributed by atoms with Gasteiger partial charge in [0.2, 0.25) is 10.0 Å². The van der Waals surface area contributed by atoms with Crippen molar-refractivity contribution in [3.63, 3.8) is 0 Å². The minimum absolute atomic E-state index is 0.101. The zero-order valence-corrected chi connectivity index (χ0v) is 13.2. The minimum Gasteiger partial charge on any atom is -0.211 e. The molecule has 0 aromatic heterocycles. The van der Waals surface area contributed by atoms with Crippen LogP contribution in [0.25, 0.3) is 0 Å². The van der Waals surface area contributed by atoms with Gasteiger partial charge in [-0.3, -0.25) is 0 Å². The fourth-order valence-corrected chi connectivity index (χ4v) is 3.17. The molecule has 0 aliphatic rings. The van der Waals surface area contributed by atoms with Gasteiger partial charge in [-0.05, 0) is 42.3 Å². The first-order chi connectivity index (χ1) is 9.88. The van der Waals surface area contributed by atoms with Gasteiger partial charge in [0.1, 0.15) is 16.5 Å². The number of benzene rings is 2. The standard InChI is InChI=1S/C14H12BrF2NO2S/c15-11-3-6-14(13(17)9-11)21(19,20)18-8-7-10-1-4-12(16)5-2-10/h1-6,9,18H,7-8H2. The van der Waals surface area contributed by atoms with Gasteiger partial charge in [-0.25, -0.2) is 21.9 Å². The summed E-state index contributed by atoms with van der Waals surface area (Å²) in [6, 6.07) is 9.50. The van der Waals surface area contributed by atoms with Gasteiger partial charge in [0, 0.05) is 11.0 Å². The first kappa shape index (κ1) is 16.1. The largest absolute Gasteiger partial charge is 0.243 e. The van der Waals surface area contributed by atoms with E-state index in [1.54, 1.807) is 12.1 Å². The number of hydrogen-bond acceptors (Lipinski definition) is 2. The Hall–Kier alpha value is -1.31. The van der Waals surface area contributed by atoms with E-state index in [1.807, 2.05) is 0 Å². The summed E-state index contributed by atoms with van der Waals surface area (Å²) in [6.45, 7) is 0.101. The van der Waals surface area contributed by atoms with Crippen LogP contribution in [0.1, 0.15) is 5.56 Å². The highest BCUT2D eigenvalue weighted by Gasteiger charge is 2.18. The summed E-state index contributed by atoms with van der Waals surface area (Å²) >= 11 is 3.07. The second-order valence-electron chi connectivity index (χ2n) is 4.35. The molecular formula is C14H12BrF2NO2S. The molecule has 1 N–H and O–H groups in total. The molecule has 0 aliphatic heterocycles. The topological polar surface area (TPSA) is 46.2 Å². The molecule has 0 bridgehead atoms. The van der Waals surface area contributed by atoms with Crippen molar-refractivity contribution >= 4 is 26.0 Å². The highest BCUT2D eigenvalue weighted by Crippen LogP contribution is 2.19. The Morgan fingerprint density at radius 3 is 2.33 bits per heavy atom. The number of hydrogen-bond donors (Lipinski definition) is 1. The molecule has 0 unspecified atom stereocenters. The Kier molecular flexibility index (Phi) is 5.08. The normalized spacial score (nSPS) is 11.6. The Labute approximate surface area is 130 Å². The first-order valence-electron chi connectivity index (χ1n) is 6.08. The van der Waals surface area contributed by atoms with Gasteiger partial charge in [-0.2, -0.15) is 0 Å². The molecule has 0 saturated carbocycles. The second-order valence-corrected chi connectivity index (χ2v) is 7.00. The van der Waals surface area contributed by atoms with Crippen molar-refractivity contribution in [3.8, 4) is 0 Å². The number of halogens is 3. The van der Waals surface area contributed by atoms with Gasteiger partial charge in [0.25, 0.3) is 0 Å². The summed E-state index contributed by atoms with van der Waals surface area (Å²) < 4.78 is 53.1. The van der Waals surface area contributed by atoms with E-state index in [4.69, 9.17) is 0 Å². The van der Waals surface area contributed by atoms with Gasteiger partial charge in [0.05, 0.1) is 0 Å². The summed E-state index contributed by atoms with van der Waals surface area (Å²) in [5.74, 6) is -1.17. The van der Waals surface area contributed by atoms with Gasteiger partial charge >= 0.3 is 0 Å². The molecule has 0 amide bonds. The zero-order chi connectivity index (χ0) is 15.5. The average molecular weight is 376 g/mol. The molecule has 112 valence electrons. The van der Waals surface area contributed by atoms with Gasteiger partial charge in [-0.1, -0.05) is 28.1 Å². The molecular weight excluding hydrogens is 364 g/mol. The average Bonchev–Trinajstić information content (AvgIpc) is 2.40. The van der Waals surface area contributed by atoms with Crippen LogP contribution >= 0.6 is 15.9 Å².